The number of nitrogens with two attached hydrogens (primary N) is 2. The van der Waals surface area contributed by atoms with Crippen molar-refractivity contribution in [2.24, 2.45) is 16.5 Å². The van der Waals surface area contributed by atoms with Crippen LogP contribution in [0.3, 0.4) is 0 Å². The van der Waals surface area contributed by atoms with Gasteiger partial charge in [0.15, 0.2) is 11.2 Å². The van der Waals surface area contributed by atoms with Crippen LogP contribution in [0.25, 0.3) is 0 Å². The third kappa shape index (κ3) is 1.39. The van der Waals surface area contributed by atoms with Crippen molar-refractivity contribution in [3.63, 3.8) is 0 Å². The van der Waals surface area contributed by atoms with Gasteiger partial charge in [0.1, 0.15) is 6.17 Å². The van der Waals surface area contributed by atoms with E-state index in [-0.39, 0.29) is 0 Å². The molecule has 0 aromatic carbocycles. The van der Waals surface area contributed by atoms with Crippen LogP contribution in [0.15, 0.2) is 4.99 Å². The molecular formula is C6H12N4OS. The van der Waals surface area contributed by atoms with Crippen molar-refractivity contribution in [1.29, 1.82) is 0 Å². The fourth-order valence-corrected chi connectivity index (χ4v) is 1.68. The van der Waals surface area contributed by atoms with Crippen LogP contribution in [0.5, 0.6) is 0 Å². The van der Waals surface area contributed by atoms with E-state index in [4.69, 9.17) is 11.5 Å². The van der Waals surface area contributed by atoms with Crippen LogP contribution in [0.1, 0.15) is 0 Å². The van der Waals surface area contributed by atoms with Gasteiger partial charge in [-0.2, -0.15) is 0 Å². The monoisotopic (exact) mass is 188 g/mol. The van der Waals surface area contributed by atoms with E-state index in [0.29, 0.717) is 0 Å². The maximum atomic E-state index is 10.8. The van der Waals surface area contributed by atoms with Gasteiger partial charge < -0.3 is 16.4 Å². The molecule has 0 spiro atoms. The molecule has 68 valence electrons. The average Bonchev–Trinajstić information content (AvgIpc) is 2.30. The molecule has 0 aliphatic carbocycles. The van der Waals surface area contributed by atoms with Gasteiger partial charge in [0.25, 0.3) is 0 Å². The second-order valence-electron chi connectivity index (χ2n) is 2.56. The van der Waals surface area contributed by atoms with Crippen LogP contribution in [0, 0.1) is 0 Å². The lowest BCUT2D eigenvalue weighted by Crippen LogP contribution is -2.48. The number of rotatable bonds is 1. The van der Waals surface area contributed by atoms with Gasteiger partial charge in [0.05, 0.1) is 0 Å². The molecular weight excluding hydrogens is 176 g/mol. The molecule has 0 radical (unpaired) electrons. The van der Waals surface area contributed by atoms with E-state index in [9.17, 15) is 4.79 Å². The number of carbonyl (C=O) groups is 1. The van der Waals surface area contributed by atoms with E-state index in [2.05, 4.69) is 4.99 Å². The van der Waals surface area contributed by atoms with E-state index in [0.717, 1.165) is 5.17 Å². The van der Waals surface area contributed by atoms with Crippen LogP contribution >= 0.6 is 11.8 Å². The summed E-state index contributed by atoms with van der Waals surface area (Å²) >= 11 is 1.45. The van der Waals surface area contributed by atoms with Gasteiger partial charge >= 0.3 is 0 Å². The molecule has 6 heteroatoms. The lowest BCUT2D eigenvalue weighted by Gasteiger charge is -2.20. The predicted molar refractivity (Wildman–Crippen MR) is 49.7 cm³/mol. The van der Waals surface area contributed by atoms with Crippen LogP contribution in [0.4, 0.5) is 0 Å². The molecule has 1 heterocycles. The first-order valence-electron chi connectivity index (χ1n) is 3.47. The molecule has 0 aromatic rings. The zero-order valence-electron chi connectivity index (χ0n) is 7.02. The number of amidine groups is 1. The summed E-state index contributed by atoms with van der Waals surface area (Å²) in [4.78, 5) is 16.6. The highest BCUT2D eigenvalue weighted by molar-refractivity contribution is 8.13. The summed E-state index contributed by atoms with van der Waals surface area (Å²) in [7, 11) is 1.79. The highest BCUT2D eigenvalue weighted by Gasteiger charge is 2.34. The molecule has 4 N–H and O–H groups in total. The Balaban J connectivity index is 2.81. The summed E-state index contributed by atoms with van der Waals surface area (Å²) in [6.45, 7) is 0. The average molecular weight is 188 g/mol. The second-order valence-corrected chi connectivity index (χ2v) is 3.34. The van der Waals surface area contributed by atoms with Crippen molar-refractivity contribution in [2.45, 2.75) is 12.2 Å². The normalized spacial score (nSPS) is 28.9. The number of carbonyl (C=O) groups excluding carboxylic acids is 1. The summed E-state index contributed by atoms with van der Waals surface area (Å²) in [6, 6.07) is -0.600. The van der Waals surface area contributed by atoms with E-state index < -0.39 is 18.1 Å². The molecule has 5 nitrogen and oxygen atoms in total. The summed E-state index contributed by atoms with van der Waals surface area (Å²) in [6.07, 6.45) is 1.47. The third-order valence-corrected chi connectivity index (χ3v) is 2.55. The van der Waals surface area contributed by atoms with E-state index in [1.54, 1.807) is 11.9 Å². The molecule has 0 aromatic heterocycles. The standard InChI is InChI=1S/C6H12N4OS/c1-10-4(7)3(5(8)11)9-6(10)12-2/h3-4H,7H2,1-2H3,(H2,8,11). The van der Waals surface area contributed by atoms with Crippen molar-refractivity contribution in [3.05, 3.63) is 0 Å². The van der Waals surface area contributed by atoms with Gasteiger partial charge in [-0.15, -0.1) is 0 Å². The number of likely N-dealkylation sites (N-methyl/N-ethyl adjacent to an activating group) is 1. The number of hydrogen-bond donors (Lipinski definition) is 2. The quantitative estimate of drug-likeness (QED) is 0.540. The highest BCUT2D eigenvalue weighted by atomic mass is 32.2. The fraction of sp³-hybridized carbons (Fsp3) is 0.667. The molecule has 1 rings (SSSR count). The van der Waals surface area contributed by atoms with Crippen LogP contribution in [-0.4, -0.2) is 41.5 Å². The molecule has 2 unspecified atom stereocenters. The van der Waals surface area contributed by atoms with Gasteiger partial charge in [0.2, 0.25) is 5.91 Å². The highest BCUT2D eigenvalue weighted by Crippen LogP contribution is 2.17. The zero-order valence-corrected chi connectivity index (χ0v) is 7.84. The van der Waals surface area contributed by atoms with Crippen molar-refractivity contribution >= 4 is 22.8 Å². The van der Waals surface area contributed by atoms with Gasteiger partial charge in [-0.25, -0.2) is 4.99 Å². The SMILES string of the molecule is CSC1=NC(C(N)=O)C(N)N1C. The maximum Gasteiger partial charge on any atom is 0.245 e. The van der Waals surface area contributed by atoms with E-state index >= 15 is 0 Å². The van der Waals surface area contributed by atoms with E-state index in [1.165, 1.54) is 11.8 Å². The fourth-order valence-electron chi connectivity index (χ4n) is 1.05. The first-order valence-corrected chi connectivity index (χ1v) is 4.70. The number of amides is 1. The molecule has 1 aliphatic rings. The summed E-state index contributed by atoms with van der Waals surface area (Å²) < 4.78 is 0. The van der Waals surface area contributed by atoms with Crippen molar-refractivity contribution in [2.75, 3.05) is 13.3 Å². The lowest BCUT2D eigenvalue weighted by atomic mass is 10.2. The Morgan fingerprint density at radius 3 is 2.58 bits per heavy atom. The van der Waals surface area contributed by atoms with Crippen LogP contribution < -0.4 is 11.5 Å². The molecule has 1 aliphatic heterocycles. The van der Waals surface area contributed by atoms with Crippen molar-refractivity contribution in [1.82, 2.24) is 4.90 Å². The molecule has 2 atom stereocenters. The molecule has 0 bridgehead atoms. The van der Waals surface area contributed by atoms with Crippen LogP contribution in [-0.2, 0) is 4.79 Å². The largest absolute Gasteiger partial charge is 0.368 e. The van der Waals surface area contributed by atoms with Gasteiger partial charge in [0, 0.05) is 7.05 Å². The lowest BCUT2D eigenvalue weighted by molar-refractivity contribution is -0.119. The molecule has 0 fully saturated rings. The maximum absolute atomic E-state index is 10.8. The minimum absolute atomic E-state index is 0.412. The first kappa shape index (κ1) is 9.34. The Bertz CT molecular complexity index is 230. The summed E-state index contributed by atoms with van der Waals surface area (Å²) in [5, 5.41) is 0.756. The Kier molecular flexibility index (Phi) is 2.58. The molecule has 0 saturated carbocycles. The molecule has 12 heavy (non-hydrogen) atoms. The Morgan fingerprint density at radius 1 is 1.75 bits per heavy atom. The zero-order chi connectivity index (χ0) is 9.30. The Labute approximate surface area is 75.2 Å². The van der Waals surface area contributed by atoms with Crippen molar-refractivity contribution in [3.8, 4) is 0 Å². The summed E-state index contributed by atoms with van der Waals surface area (Å²) in [5.41, 5.74) is 10.8. The van der Waals surface area contributed by atoms with Gasteiger partial charge in [-0.1, -0.05) is 11.8 Å². The first-order chi connectivity index (χ1) is 5.57. The minimum atomic E-state index is -0.600. The smallest absolute Gasteiger partial charge is 0.245 e. The summed E-state index contributed by atoms with van der Waals surface area (Å²) in [5.74, 6) is -0.474. The number of thioether (sulfide) groups is 1. The molecule has 0 saturated heterocycles. The van der Waals surface area contributed by atoms with E-state index in [1.807, 2.05) is 6.26 Å². The third-order valence-electron chi connectivity index (χ3n) is 1.80. The van der Waals surface area contributed by atoms with Gasteiger partial charge in [-0.3, -0.25) is 4.79 Å². The topological polar surface area (TPSA) is 84.7 Å². The predicted octanol–water partition coefficient (Wildman–Crippen LogP) is -1.21. The number of primary amides is 1. The number of nitrogens with zero attached hydrogens (tertiary/aromatic N) is 2. The minimum Gasteiger partial charge on any atom is -0.368 e. The van der Waals surface area contributed by atoms with Crippen LogP contribution in [0.2, 0.25) is 0 Å². The Hall–Kier alpha value is -0.750. The number of hydrogen-bond acceptors (Lipinski definition) is 5. The molecule has 1 amide bonds. The van der Waals surface area contributed by atoms with Gasteiger partial charge in [-0.05, 0) is 6.26 Å². The Morgan fingerprint density at radius 2 is 2.33 bits per heavy atom. The second kappa shape index (κ2) is 3.32. The number of aliphatic imine (C=N–C) groups is 1. The van der Waals surface area contributed by atoms with Crippen molar-refractivity contribution < 1.29 is 4.79 Å².